The van der Waals surface area contributed by atoms with Gasteiger partial charge in [-0.05, 0) is 31.5 Å². The third-order valence-electron chi connectivity index (χ3n) is 3.10. The fraction of sp³-hybridized carbons (Fsp3) is 0.538. The lowest BCUT2D eigenvalue weighted by atomic mass is 10.1. The maximum absolute atomic E-state index is 5.75. The molecule has 0 amide bonds. The van der Waals surface area contributed by atoms with E-state index in [0.29, 0.717) is 12.6 Å². The molecule has 0 spiro atoms. The number of fused-ring (bicyclic) bond motifs is 1. The monoisotopic (exact) mass is 220 g/mol. The maximum atomic E-state index is 5.75. The van der Waals surface area contributed by atoms with Gasteiger partial charge in [0.1, 0.15) is 12.4 Å². The van der Waals surface area contributed by atoms with Crippen molar-refractivity contribution in [2.45, 2.75) is 33.0 Å². The number of hydrogen-bond donors (Lipinski definition) is 1. The van der Waals surface area contributed by atoms with Crippen LogP contribution in [0.1, 0.15) is 25.0 Å². The van der Waals surface area contributed by atoms with Crippen molar-refractivity contribution in [2.75, 3.05) is 13.2 Å². The maximum Gasteiger partial charge on any atom is 0.123 e. The van der Waals surface area contributed by atoms with E-state index in [1.54, 1.807) is 0 Å². The molecule has 0 aliphatic carbocycles. The summed E-state index contributed by atoms with van der Waals surface area (Å²) in [5, 5.41) is 0. The van der Waals surface area contributed by atoms with Crippen LogP contribution in [0.5, 0.6) is 5.75 Å². The van der Waals surface area contributed by atoms with Gasteiger partial charge in [0.25, 0.3) is 0 Å². The highest BCUT2D eigenvalue weighted by molar-refractivity contribution is 5.37. The number of rotatable bonds is 2. The second-order valence-electron chi connectivity index (χ2n) is 4.56. The molecule has 0 fully saturated rings. The van der Waals surface area contributed by atoms with E-state index in [1.165, 1.54) is 11.1 Å². The lowest BCUT2D eigenvalue weighted by Crippen LogP contribution is -2.32. The molecule has 2 N–H and O–H groups in total. The molecule has 1 aromatic rings. The molecule has 0 atom stereocenters. The predicted octanol–water partition coefficient (Wildman–Crippen LogP) is 1.75. The zero-order valence-corrected chi connectivity index (χ0v) is 10.1. The van der Waals surface area contributed by atoms with Gasteiger partial charge in [-0.3, -0.25) is 4.90 Å². The molecule has 3 nitrogen and oxygen atoms in total. The molecular weight excluding hydrogens is 200 g/mol. The van der Waals surface area contributed by atoms with Gasteiger partial charge in [0.2, 0.25) is 0 Å². The third kappa shape index (κ3) is 2.36. The molecule has 88 valence electrons. The van der Waals surface area contributed by atoms with E-state index in [4.69, 9.17) is 10.5 Å². The van der Waals surface area contributed by atoms with Gasteiger partial charge in [0.05, 0.1) is 0 Å². The molecule has 0 radical (unpaired) electrons. The van der Waals surface area contributed by atoms with Gasteiger partial charge in [-0.1, -0.05) is 6.07 Å². The van der Waals surface area contributed by atoms with Gasteiger partial charge in [-0.2, -0.15) is 0 Å². The topological polar surface area (TPSA) is 38.5 Å². The van der Waals surface area contributed by atoms with E-state index >= 15 is 0 Å². The van der Waals surface area contributed by atoms with Gasteiger partial charge < -0.3 is 10.5 Å². The van der Waals surface area contributed by atoms with Gasteiger partial charge in [-0.15, -0.1) is 0 Å². The molecule has 1 aliphatic rings. The Morgan fingerprint density at radius 3 is 2.94 bits per heavy atom. The van der Waals surface area contributed by atoms with Crippen LogP contribution in [0, 0.1) is 0 Å². The average Bonchev–Trinajstić information content (AvgIpc) is 2.49. The highest BCUT2D eigenvalue weighted by atomic mass is 16.5. The Balaban J connectivity index is 2.26. The van der Waals surface area contributed by atoms with Crippen LogP contribution in [-0.4, -0.2) is 24.1 Å². The first-order chi connectivity index (χ1) is 7.70. The van der Waals surface area contributed by atoms with Crippen molar-refractivity contribution in [3.63, 3.8) is 0 Å². The summed E-state index contributed by atoms with van der Waals surface area (Å²) in [6.45, 7) is 7.75. The Morgan fingerprint density at radius 2 is 2.25 bits per heavy atom. The van der Waals surface area contributed by atoms with Crippen LogP contribution in [0.25, 0.3) is 0 Å². The van der Waals surface area contributed by atoms with Crippen molar-refractivity contribution in [3.05, 3.63) is 29.3 Å². The van der Waals surface area contributed by atoms with E-state index in [9.17, 15) is 0 Å². The van der Waals surface area contributed by atoms with E-state index in [0.717, 1.165) is 25.4 Å². The first-order valence-electron chi connectivity index (χ1n) is 5.89. The van der Waals surface area contributed by atoms with Gasteiger partial charge >= 0.3 is 0 Å². The highest BCUT2D eigenvalue weighted by Crippen LogP contribution is 2.25. The Labute approximate surface area is 97.2 Å². The van der Waals surface area contributed by atoms with Crippen LogP contribution in [-0.2, 0) is 13.1 Å². The van der Waals surface area contributed by atoms with Gasteiger partial charge in [0, 0.05) is 31.2 Å². The van der Waals surface area contributed by atoms with E-state index in [1.807, 2.05) is 12.1 Å². The second-order valence-corrected chi connectivity index (χ2v) is 4.56. The minimum absolute atomic E-state index is 0.552. The Bertz CT molecular complexity index is 363. The lowest BCUT2D eigenvalue weighted by molar-refractivity contribution is 0.189. The van der Waals surface area contributed by atoms with Crippen LogP contribution in [0.2, 0.25) is 0 Å². The molecule has 1 heterocycles. The summed E-state index contributed by atoms with van der Waals surface area (Å²) in [7, 11) is 0. The van der Waals surface area contributed by atoms with Crippen molar-refractivity contribution in [1.29, 1.82) is 0 Å². The normalized spacial score (nSPS) is 16.8. The number of nitrogens with zero attached hydrogens (tertiary/aromatic N) is 1. The average molecular weight is 220 g/mol. The fourth-order valence-corrected chi connectivity index (χ4v) is 2.04. The van der Waals surface area contributed by atoms with Gasteiger partial charge in [0.15, 0.2) is 0 Å². The zero-order chi connectivity index (χ0) is 11.5. The first kappa shape index (κ1) is 11.4. The molecule has 1 aliphatic heterocycles. The lowest BCUT2D eigenvalue weighted by Gasteiger charge is -2.23. The van der Waals surface area contributed by atoms with Crippen molar-refractivity contribution >= 4 is 0 Å². The van der Waals surface area contributed by atoms with Crippen molar-refractivity contribution in [2.24, 2.45) is 5.73 Å². The van der Waals surface area contributed by atoms with Crippen LogP contribution in [0.4, 0.5) is 0 Å². The molecule has 16 heavy (non-hydrogen) atoms. The SMILES string of the molecule is CC(C)N1CCOc2ccc(CN)cc2C1. The second kappa shape index (κ2) is 4.85. The van der Waals surface area contributed by atoms with Crippen LogP contribution in [0.3, 0.4) is 0 Å². The molecule has 0 saturated carbocycles. The largest absolute Gasteiger partial charge is 0.492 e. The summed E-state index contributed by atoms with van der Waals surface area (Å²) in [4.78, 5) is 2.42. The molecule has 2 rings (SSSR count). The Kier molecular flexibility index (Phi) is 3.46. The first-order valence-corrected chi connectivity index (χ1v) is 5.89. The summed E-state index contributed by atoms with van der Waals surface area (Å²) < 4.78 is 5.75. The molecule has 0 aromatic heterocycles. The number of nitrogens with two attached hydrogens (primary N) is 1. The molecule has 0 bridgehead atoms. The van der Waals surface area contributed by atoms with Crippen LogP contribution in [0.15, 0.2) is 18.2 Å². The Hall–Kier alpha value is -1.06. The van der Waals surface area contributed by atoms with Gasteiger partial charge in [-0.25, -0.2) is 0 Å². The summed E-state index contributed by atoms with van der Waals surface area (Å²) >= 11 is 0. The number of ether oxygens (including phenoxy) is 1. The number of hydrogen-bond acceptors (Lipinski definition) is 3. The minimum Gasteiger partial charge on any atom is -0.492 e. The fourth-order valence-electron chi connectivity index (χ4n) is 2.04. The number of benzene rings is 1. The van der Waals surface area contributed by atoms with E-state index in [2.05, 4.69) is 24.8 Å². The predicted molar refractivity (Wildman–Crippen MR) is 65.4 cm³/mol. The van der Waals surface area contributed by atoms with E-state index in [-0.39, 0.29) is 0 Å². The van der Waals surface area contributed by atoms with Crippen molar-refractivity contribution in [3.8, 4) is 5.75 Å². The summed E-state index contributed by atoms with van der Waals surface area (Å²) in [6, 6.07) is 6.80. The van der Waals surface area contributed by atoms with Crippen LogP contribution < -0.4 is 10.5 Å². The Morgan fingerprint density at radius 1 is 1.44 bits per heavy atom. The standard InChI is InChI=1S/C13H20N2O/c1-10(2)15-5-6-16-13-4-3-11(8-14)7-12(13)9-15/h3-4,7,10H,5-6,8-9,14H2,1-2H3. The zero-order valence-electron chi connectivity index (χ0n) is 10.1. The molecule has 0 unspecified atom stereocenters. The van der Waals surface area contributed by atoms with Crippen molar-refractivity contribution < 1.29 is 4.74 Å². The summed E-state index contributed by atoms with van der Waals surface area (Å²) in [5.41, 5.74) is 8.09. The highest BCUT2D eigenvalue weighted by Gasteiger charge is 2.17. The smallest absolute Gasteiger partial charge is 0.123 e. The molecule has 0 saturated heterocycles. The van der Waals surface area contributed by atoms with Crippen molar-refractivity contribution in [1.82, 2.24) is 4.90 Å². The van der Waals surface area contributed by atoms with E-state index < -0.39 is 0 Å². The molecule has 3 heteroatoms. The minimum atomic E-state index is 0.552. The quantitative estimate of drug-likeness (QED) is 0.825. The molecule has 1 aromatic carbocycles. The summed E-state index contributed by atoms with van der Waals surface area (Å²) in [5.74, 6) is 1.01. The molecular formula is C13H20N2O. The third-order valence-corrected chi connectivity index (χ3v) is 3.10. The summed E-state index contributed by atoms with van der Waals surface area (Å²) in [6.07, 6.45) is 0. The van der Waals surface area contributed by atoms with Crippen LogP contribution >= 0.6 is 0 Å².